The van der Waals surface area contributed by atoms with Gasteiger partial charge in [0.2, 0.25) is 0 Å². The predicted molar refractivity (Wildman–Crippen MR) is 31.4 cm³/mol. The van der Waals surface area contributed by atoms with Gasteiger partial charge in [0.15, 0.2) is 12.4 Å². The predicted octanol–water partition coefficient (Wildman–Crippen LogP) is -1.62. The molecule has 0 aromatic heterocycles. The summed E-state index contributed by atoms with van der Waals surface area (Å²) < 4.78 is 9.52. The Balaban J connectivity index is 2.13. The van der Waals surface area contributed by atoms with E-state index in [0.29, 0.717) is 0 Å². The van der Waals surface area contributed by atoms with Crippen LogP contribution in [0, 0.1) is 0 Å². The van der Waals surface area contributed by atoms with E-state index in [9.17, 15) is 4.79 Å². The van der Waals surface area contributed by atoms with E-state index >= 15 is 0 Å². The first-order chi connectivity index (χ1) is 5.18. The van der Waals surface area contributed by atoms with Gasteiger partial charge in [-0.2, -0.15) is 0 Å². The molecule has 0 amide bonds. The molecule has 2 fully saturated rings. The van der Waals surface area contributed by atoms with Crippen LogP contribution in [0.3, 0.4) is 0 Å². The lowest BCUT2D eigenvalue weighted by molar-refractivity contribution is -0.154. The van der Waals surface area contributed by atoms with Gasteiger partial charge in [0.25, 0.3) is 0 Å². The highest BCUT2D eigenvalue weighted by Gasteiger charge is 2.50. The quantitative estimate of drug-likeness (QED) is 0.416. The summed E-state index contributed by atoms with van der Waals surface area (Å²) in [5, 5.41) is 18.0. The van der Waals surface area contributed by atoms with Gasteiger partial charge in [-0.3, -0.25) is 0 Å². The molecule has 0 aromatic rings. The van der Waals surface area contributed by atoms with Gasteiger partial charge in [-0.1, -0.05) is 0 Å². The van der Waals surface area contributed by atoms with Crippen LogP contribution in [0.25, 0.3) is 0 Å². The number of carbonyl (C=O) groups excluding carboxylic acids is 1. The Kier molecular flexibility index (Phi) is 1.38. The van der Waals surface area contributed by atoms with E-state index < -0.39 is 30.6 Å². The number of fused-ring (bicyclic) bond motifs is 1. The Morgan fingerprint density at radius 2 is 2.18 bits per heavy atom. The van der Waals surface area contributed by atoms with E-state index in [1.54, 1.807) is 0 Å². The van der Waals surface area contributed by atoms with Crippen LogP contribution in [0.5, 0.6) is 0 Å². The zero-order valence-electron chi connectivity index (χ0n) is 5.64. The Labute approximate surface area is 62.5 Å². The Morgan fingerprint density at radius 1 is 1.45 bits per heavy atom. The van der Waals surface area contributed by atoms with E-state index in [4.69, 9.17) is 19.7 Å². The molecule has 2 saturated heterocycles. The molecule has 2 aliphatic rings. The number of rotatable bonds is 0. The molecular weight excluding hydrogens is 152 g/mol. The van der Waals surface area contributed by atoms with E-state index in [0.717, 1.165) is 0 Å². The SMILES string of the molecule is O=C1OC2C[C@@H](O)OC2[C@@H]1O. The molecule has 0 aromatic carbocycles. The second-order valence-corrected chi connectivity index (χ2v) is 2.71. The van der Waals surface area contributed by atoms with Crippen LogP contribution in [0.2, 0.25) is 0 Å². The maximum Gasteiger partial charge on any atom is 0.338 e. The van der Waals surface area contributed by atoms with Crippen LogP contribution in [0.1, 0.15) is 6.42 Å². The molecule has 2 unspecified atom stereocenters. The van der Waals surface area contributed by atoms with Gasteiger partial charge < -0.3 is 19.7 Å². The molecule has 11 heavy (non-hydrogen) atoms. The fraction of sp³-hybridized carbons (Fsp3) is 0.833. The fourth-order valence-corrected chi connectivity index (χ4v) is 1.40. The third kappa shape index (κ3) is 0.926. The molecule has 62 valence electrons. The highest BCUT2D eigenvalue weighted by Crippen LogP contribution is 2.30. The van der Waals surface area contributed by atoms with Crippen molar-refractivity contribution >= 4 is 5.97 Å². The second kappa shape index (κ2) is 2.17. The molecule has 2 rings (SSSR count). The van der Waals surface area contributed by atoms with Gasteiger partial charge in [-0.05, 0) is 0 Å². The van der Waals surface area contributed by atoms with Crippen LogP contribution in [0.4, 0.5) is 0 Å². The first kappa shape index (κ1) is 7.02. The Morgan fingerprint density at radius 3 is 2.82 bits per heavy atom. The second-order valence-electron chi connectivity index (χ2n) is 2.71. The number of hydrogen-bond acceptors (Lipinski definition) is 5. The number of ether oxygens (including phenoxy) is 2. The van der Waals surface area contributed by atoms with Crippen molar-refractivity contribution in [2.75, 3.05) is 0 Å². The topological polar surface area (TPSA) is 76.0 Å². The molecular formula is C6H8O5. The van der Waals surface area contributed by atoms with Crippen molar-refractivity contribution in [3.63, 3.8) is 0 Å². The average Bonchev–Trinajstić information content (AvgIpc) is 2.37. The van der Waals surface area contributed by atoms with Gasteiger partial charge in [-0.15, -0.1) is 0 Å². The number of hydrogen-bond donors (Lipinski definition) is 2. The number of esters is 1. The van der Waals surface area contributed by atoms with Gasteiger partial charge in [0.05, 0.1) is 0 Å². The number of aliphatic hydroxyl groups excluding tert-OH is 2. The number of aliphatic hydroxyl groups is 2. The van der Waals surface area contributed by atoms with Crippen molar-refractivity contribution in [3.05, 3.63) is 0 Å². The molecule has 2 aliphatic heterocycles. The zero-order chi connectivity index (χ0) is 8.01. The lowest BCUT2D eigenvalue weighted by Crippen LogP contribution is -2.29. The third-order valence-corrected chi connectivity index (χ3v) is 1.93. The summed E-state index contributed by atoms with van der Waals surface area (Å²) in [5.41, 5.74) is 0. The van der Waals surface area contributed by atoms with Crippen LogP contribution in [0.15, 0.2) is 0 Å². The summed E-state index contributed by atoms with van der Waals surface area (Å²) >= 11 is 0. The van der Waals surface area contributed by atoms with Crippen LogP contribution < -0.4 is 0 Å². The lowest BCUT2D eigenvalue weighted by Gasteiger charge is -2.07. The number of carbonyl (C=O) groups is 1. The maximum absolute atomic E-state index is 10.7. The molecule has 5 heteroatoms. The molecule has 0 radical (unpaired) electrons. The Hall–Kier alpha value is -0.650. The summed E-state index contributed by atoms with van der Waals surface area (Å²) in [4.78, 5) is 10.7. The molecule has 5 nitrogen and oxygen atoms in total. The first-order valence-electron chi connectivity index (χ1n) is 3.40. The largest absolute Gasteiger partial charge is 0.457 e. The van der Waals surface area contributed by atoms with E-state index in [1.165, 1.54) is 0 Å². The maximum atomic E-state index is 10.7. The monoisotopic (exact) mass is 160 g/mol. The minimum Gasteiger partial charge on any atom is -0.457 e. The van der Waals surface area contributed by atoms with Gasteiger partial charge in [0, 0.05) is 6.42 Å². The lowest BCUT2D eigenvalue weighted by atomic mass is 10.1. The van der Waals surface area contributed by atoms with Crippen LogP contribution >= 0.6 is 0 Å². The van der Waals surface area contributed by atoms with Crippen molar-refractivity contribution in [1.29, 1.82) is 0 Å². The zero-order valence-corrected chi connectivity index (χ0v) is 5.64. The first-order valence-corrected chi connectivity index (χ1v) is 3.40. The van der Waals surface area contributed by atoms with Crippen molar-refractivity contribution in [2.24, 2.45) is 0 Å². The molecule has 2 heterocycles. The van der Waals surface area contributed by atoms with Crippen molar-refractivity contribution < 1.29 is 24.5 Å². The highest BCUT2D eigenvalue weighted by molar-refractivity contribution is 5.77. The molecule has 4 atom stereocenters. The van der Waals surface area contributed by atoms with E-state index in [-0.39, 0.29) is 6.42 Å². The van der Waals surface area contributed by atoms with Crippen LogP contribution in [-0.2, 0) is 14.3 Å². The minimum absolute atomic E-state index is 0.257. The van der Waals surface area contributed by atoms with Crippen molar-refractivity contribution in [1.82, 2.24) is 0 Å². The molecule has 0 aliphatic carbocycles. The normalized spacial score (nSPS) is 49.1. The van der Waals surface area contributed by atoms with Crippen molar-refractivity contribution in [3.8, 4) is 0 Å². The Bertz CT molecular complexity index is 191. The molecule has 0 spiro atoms. The van der Waals surface area contributed by atoms with Crippen LogP contribution in [-0.4, -0.2) is 40.8 Å². The highest BCUT2D eigenvalue weighted by atomic mass is 16.7. The van der Waals surface area contributed by atoms with E-state index in [2.05, 4.69) is 0 Å². The van der Waals surface area contributed by atoms with Crippen molar-refractivity contribution in [2.45, 2.75) is 31.0 Å². The average molecular weight is 160 g/mol. The summed E-state index contributed by atoms with van der Waals surface area (Å²) in [7, 11) is 0. The summed E-state index contributed by atoms with van der Waals surface area (Å²) in [5.74, 6) is -0.660. The summed E-state index contributed by atoms with van der Waals surface area (Å²) in [6.45, 7) is 0. The van der Waals surface area contributed by atoms with Gasteiger partial charge in [-0.25, -0.2) is 4.79 Å². The summed E-state index contributed by atoms with van der Waals surface area (Å²) in [6.07, 6.45) is -3.01. The molecule has 0 bridgehead atoms. The smallest absolute Gasteiger partial charge is 0.338 e. The summed E-state index contributed by atoms with van der Waals surface area (Å²) in [6, 6.07) is 0. The van der Waals surface area contributed by atoms with Gasteiger partial charge >= 0.3 is 5.97 Å². The fourth-order valence-electron chi connectivity index (χ4n) is 1.40. The third-order valence-electron chi connectivity index (χ3n) is 1.93. The minimum atomic E-state index is -1.22. The van der Waals surface area contributed by atoms with E-state index in [1.807, 2.05) is 0 Å². The standard InChI is InChI=1S/C6H8O5/c7-3-1-2-5(11-3)4(8)6(9)10-2/h2-5,7-8H,1H2/t2?,3-,4-,5?/m0/s1. The molecule has 0 saturated carbocycles. The van der Waals surface area contributed by atoms with Gasteiger partial charge in [0.1, 0.15) is 12.2 Å². The molecule has 2 N–H and O–H groups in total.